The maximum absolute atomic E-state index is 12.0. The van der Waals surface area contributed by atoms with Gasteiger partial charge in [-0.05, 0) is 42.7 Å². The van der Waals surface area contributed by atoms with Crippen molar-refractivity contribution in [2.24, 2.45) is 0 Å². The summed E-state index contributed by atoms with van der Waals surface area (Å²) in [6.45, 7) is 1.81. The lowest BCUT2D eigenvalue weighted by molar-refractivity contribution is -0.115. The molecule has 1 N–H and O–H groups in total. The van der Waals surface area contributed by atoms with E-state index in [1.165, 1.54) is 29.6 Å². The Labute approximate surface area is 118 Å². The summed E-state index contributed by atoms with van der Waals surface area (Å²) in [5, 5.41) is 11.2. The number of anilines is 1. The van der Waals surface area contributed by atoms with Gasteiger partial charge in [0, 0.05) is 5.69 Å². The van der Waals surface area contributed by atoms with Crippen molar-refractivity contribution in [2.45, 2.75) is 16.5 Å². The second-order valence-electron chi connectivity index (χ2n) is 3.65. The number of hydrogen-bond donors (Lipinski definition) is 1. The molecule has 1 amide bonds. The Morgan fingerprint density at radius 3 is 2.79 bits per heavy atom. The summed E-state index contributed by atoms with van der Waals surface area (Å²) in [4.78, 5) is 16.0. The zero-order chi connectivity index (χ0) is 13.7. The molecule has 5 nitrogen and oxygen atoms in total. The highest BCUT2D eigenvalue weighted by Gasteiger charge is 2.16. The lowest BCUT2D eigenvalue weighted by atomic mass is 10.2. The van der Waals surface area contributed by atoms with Crippen LogP contribution in [0.15, 0.2) is 34.9 Å². The van der Waals surface area contributed by atoms with Crippen LogP contribution >= 0.6 is 23.3 Å². The van der Waals surface area contributed by atoms with Crippen molar-refractivity contribution in [3.8, 4) is 6.07 Å². The fourth-order valence-corrected chi connectivity index (χ4v) is 2.88. The van der Waals surface area contributed by atoms with Gasteiger partial charge < -0.3 is 5.32 Å². The topological polar surface area (TPSA) is 78.7 Å². The van der Waals surface area contributed by atoms with Crippen molar-refractivity contribution in [1.29, 1.82) is 5.26 Å². The van der Waals surface area contributed by atoms with Crippen LogP contribution < -0.4 is 5.32 Å². The standard InChI is InChI=1S/C12H10N4OS2/c1-8(18-12-14-7-15-19-12)11(17)16-10-4-2-9(6-13)3-5-10/h2-5,7-8H,1H3,(H,16,17). The Hall–Kier alpha value is -1.91. The molecule has 0 aliphatic rings. The van der Waals surface area contributed by atoms with Crippen molar-refractivity contribution in [3.63, 3.8) is 0 Å². The Bertz CT molecular complexity index is 589. The number of carbonyl (C=O) groups is 1. The third-order valence-electron chi connectivity index (χ3n) is 2.27. The Morgan fingerprint density at radius 1 is 1.47 bits per heavy atom. The number of nitriles is 1. The fourth-order valence-electron chi connectivity index (χ4n) is 1.29. The van der Waals surface area contributed by atoms with E-state index in [1.54, 1.807) is 24.3 Å². The second kappa shape index (κ2) is 6.31. The first kappa shape index (κ1) is 13.5. The molecule has 0 aliphatic carbocycles. The number of rotatable bonds is 4. The fraction of sp³-hybridized carbons (Fsp3) is 0.167. The number of thioether (sulfide) groups is 1. The smallest absolute Gasteiger partial charge is 0.237 e. The van der Waals surface area contributed by atoms with Crippen LogP contribution in [-0.2, 0) is 4.79 Å². The van der Waals surface area contributed by atoms with E-state index in [0.717, 1.165) is 4.34 Å². The minimum atomic E-state index is -0.261. The van der Waals surface area contributed by atoms with Crippen LogP contribution in [0.5, 0.6) is 0 Å². The SMILES string of the molecule is CC(Sc1ncns1)C(=O)Nc1ccc(C#N)cc1. The first-order valence-corrected chi connectivity index (χ1v) is 7.08. The van der Waals surface area contributed by atoms with E-state index in [4.69, 9.17) is 5.26 Å². The predicted octanol–water partition coefficient (Wildman–Crippen LogP) is 2.53. The second-order valence-corrected chi connectivity index (χ2v) is 6.01. The molecule has 19 heavy (non-hydrogen) atoms. The number of benzene rings is 1. The summed E-state index contributed by atoms with van der Waals surface area (Å²) in [5.41, 5.74) is 1.24. The van der Waals surface area contributed by atoms with Crippen LogP contribution in [0.3, 0.4) is 0 Å². The van der Waals surface area contributed by atoms with Gasteiger partial charge in [0.05, 0.1) is 16.9 Å². The van der Waals surface area contributed by atoms with Gasteiger partial charge in [-0.15, -0.1) is 0 Å². The van der Waals surface area contributed by atoms with E-state index in [-0.39, 0.29) is 11.2 Å². The lowest BCUT2D eigenvalue weighted by Crippen LogP contribution is -2.22. The highest BCUT2D eigenvalue weighted by molar-refractivity contribution is 8.02. The van der Waals surface area contributed by atoms with Gasteiger partial charge in [0.25, 0.3) is 0 Å². The molecule has 1 heterocycles. The van der Waals surface area contributed by atoms with E-state index >= 15 is 0 Å². The number of carbonyl (C=O) groups excluding carboxylic acids is 1. The zero-order valence-corrected chi connectivity index (χ0v) is 11.7. The van der Waals surface area contributed by atoms with Crippen LogP contribution in [0.25, 0.3) is 0 Å². The van der Waals surface area contributed by atoms with E-state index in [9.17, 15) is 4.79 Å². The summed E-state index contributed by atoms with van der Waals surface area (Å²) >= 11 is 2.63. The van der Waals surface area contributed by atoms with Crippen molar-refractivity contribution >= 4 is 34.9 Å². The van der Waals surface area contributed by atoms with Gasteiger partial charge in [-0.25, -0.2) is 4.98 Å². The van der Waals surface area contributed by atoms with Crippen LogP contribution in [0.2, 0.25) is 0 Å². The van der Waals surface area contributed by atoms with Gasteiger partial charge in [0.1, 0.15) is 6.33 Å². The first-order valence-electron chi connectivity index (χ1n) is 5.43. The van der Waals surface area contributed by atoms with Crippen LogP contribution in [0.1, 0.15) is 12.5 Å². The molecular weight excluding hydrogens is 280 g/mol. The summed E-state index contributed by atoms with van der Waals surface area (Å²) in [5.74, 6) is -0.107. The van der Waals surface area contributed by atoms with Crippen molar-refractivity contribution in [2.75, 3.05) is 5.32 Å². The van der Waals surface area contributed by atoms with E-state index in [0.29, 0.717) is 11.3 Å². The largest absolute Gasteiger partial charge is 0.325 e. The summed E-state index contributed by atoms with van der Waals surface area (Å²) < 4.78 is 4.65. The van der Waals surface area contributed by atoms with Crippen molar-refractivity contribution < 1.29 is 4.79 Å². The Balaban J connectivity index is 1.94. The Kier molecular flexibility index (Phi) is 4.49. The van der Waals surface area contributed by atoms with Gasteiger partial charge >= 0.3 is 0 Å². The number of hydrogen-bond acceptors (Lipinski definition) is 6. The molecule has 1 unspecified atom stereocenters. The van der Waals surface area contributed by atoms with E-state index in [1.807, 2.05) is 13.0 Å². The average Bonchev–Trinajstić information content (AvgIpc) is 2.92. The normalized spacial score (nSPS) is 11.6. The van der Waals surface area contributed by atoms with Gasteiger partial charge in [0.2, 0.25) is 5.91 Å². The van der Waals surface area contributed by atoms with Gasteiger partial charge in [-0.1, -0.05) is 11.8 Å². The van der Waals surface area contributed by atoms with E-state index in [2.05, 4.69) is 14.7 Å². The molecule has 2 aromatic rings. The average molecular weight is 290 g/mol. The molecule has 0 aliphatic heterocycles. The third kappa shape index (κ3) is 3.77. The molecule has 1 aromatic heterocycles. The number of aromatic nitrogens is 2. The molecule has 7 heteroatoms. The molecular formula is C12H10N4OS2. The molecule has 0 saturated heterocycles. The highest BCUT2D eigenvalue weighted by Crippen LogP contribution is 2.24. The molecule has 0 fully saturated rings. The molecule has 0 radical (unpaired) electrons. The van der Waals surface area contributed by atoms with Gasteiger partial charge in [-0.3, -0.25) is 4.79 Å². The monoisotopic (exact) mass is 290 g/mol. The van der Waals surface area contributed by atoms with Crippen LogP contribution in [-0.4, -0.2) is 20.5 Å². The van der Waals surface area contributed by atoms with E-state index < -0.39 is 0 Å². The maximum atomic E-state index is 12.0. The third-order valence-corrected chi connectivity index (χ3v) is 4.12. The summed E-state index contributed by atoms with van der Waals surface area (Å²) in [6, 6.07) is 8.77. The minimum Gasteiger partial charge on any atom is -0.325 e. The van der Waals surface area contributed by atoms with Crippen molar-refractivity contribution in [1.82, 2.24) is 9.36 Å². The first-order chi connectivity index (χ1) is 9.19. The molecule has 0 spiro atoms. The van der Waals surface area contributed by atoms with Crippen molar-refractivity contribution in [3.05, 3.63) is 36.2 Å². The molecule has 0 saturated carbocycles. The molecule has 0 bridgehead atoms. The van der Waals surface area contributed by atoms with Gasteiger partial charge in [0.15, 0.2) is 4.34 Å². The predicted molar refractivity (Wildman–Crippen MR) is 75.0 cm³/mol. The number of nitrogens with one attached hydrogen (secondary N) is 1. The zero-order valence-electron chi connectivity index (χ0n) is 10.0. The Morgan fingerprint density at radius 2 is 2.21 bits per heavy atom. The molecule has 1 aromatic carbocycles. The van der Waals surface area contributed by atoms with Crippen LogP contribution in [0, 0.1) is 11.3 Å². The van der Waals surface area contributed by atoms with Crippen LogP contribution in [0.4, 0.5) is 5.69 Å². The summed E-state index contributed by atoms with van der Waals surface area (Å²) in [7, 11) is 0. The molecule has 2 rings (SSSR count). The highest BCUT2D eigenvalue weighted by atomic mass is 32.2. The lowest BCUT2D eigenvalue weighted by Gasteiger charge is -2.10. The molecule has 1 atom stereocenters. The molecule has 96 valence electrons. The van der Waals surface area contributed by atoms with Gasteiger partial charge in [-0.2, -0.15) is 9.64 Å². The summed E-state index contributed by atoms with van der Waals surface area (Å²) in [6.07, 6.45) is 1.47. The number of amides is 1. The quantitative estimate of drug-likeness (QED) is 0.875. The minimum absolute atomic E-state index is 0.107. The maximum Gasteiger partial charge on any atom is 0.237 e. The number of nitrogens with zero attached hydrogens (tertiary/aromatic N) is 3.